The molecule has 34 heavy (non-hydrogen) atoms. The highest BCUT2D eigenvalue weighted by Gasteiger charge is 2.47. The highest BCUT2D eigenvalue weighted by Crippen LogP contribution is 2.29. The van der Waals surface area contributed by atoms with Gasteiger partial charge in [0.05, 0.1) is 23.0 Å². The zero-order valence-corrected chi connectivity index (χ0v) is 18.0. The molecule has 4 aromatic heterocycles. The lowest BCUT2D eigenvalue weighted by molar-refractivity contribution is -0.586. The molecule has 0 aliphatic rings. The SMILES string of the molecule is O=C(O)c1c(O)c(=O)n(Cc2cnn(CCc3cc[n+](C(=O)C(F)(F)F)cc3)c2)c2ccsc12. The molecule has 4 aromatic rings. The molecule has 176 valence electrons. The molecule has 0 bridgehead atoms. The summed E-state index contributed by atoms with van der Waals surface area (Å²) in [7, 11) is 0. The van der Waals surface area contributed by atoms with Gasteiger partial charge in [-0.15, -0.1) is 15.9 Å². The Bertz CT molecular complexity index is 1450. The quantitative estimate of drug-likeness (QED) is 0.399. The summed E-state index contributed by atoms with van der Waals surface area (Å²) in [5.74, 6) is -4.20. The van der Waals surface area contributed by atoms with Crippen LogP contribution < -0.4 is 10.1 Å². The van der Waals surface area contributed by atoms with Gasteiger partial charge in [0, 0.05) is 30.4 Å². The van der Waals surface area contributed by atoms with Gasteiger partial charge in [0.25, 0.3) is 5.56 Å². The minimum absolute atomic E-state index is 0.0460. The van der Waals surface area contributed by atoms with Gasteiger partial charge in [-0.1, -0.05) is 0 Å². The second-order valence-electron chi connectivity index (χ2n) is 7.33. The Labute approximate surface area is 192 Å². The van der Waals surface area contributed by atoms with Crippen molar-refractivity contribution in [3.63, 3.8) is 0 Å². The molecule has 0 saturated heterocycles. The minimum atomic E-state index is -4.96. The van der Waals surface area contributed by atoms with Crippen LogP contribution in [0.5, 0.6) is 5.75 Å². The zero-order chi connectivity index (χ0) is 24.6. The van der Waals surface area contributed by atoms with Gasteiger partial charge in [-0.25, -0.2) is 9.59 Å². The van der Waals surface area contributed by atoms with Crippen LogP contribution in [0.3, 0.4) is 0 Å². The number of pyridine rings is 2. The topological polar surface area (TPSA) is 118 Å². The summed E-state index contributed by atoms with van der Waals surface area (Å²) in [5, 5.41) is 25.3. The third-order valence-corrected chi connectivity index (χ3v) is 6.01. The molecule has 2 N–H and O–H groups in total. The average molecular weight is 493 g/mol. The van der Waals surface area contributed by atoms with Gasteiger partial charge in [0.15, 0.2) is 18.1 Å². The van der Waals surface area contributed by atoms with Crippen LogP contribution in [0.15, 0.2) is 53.2 Å². The number of halogens is 3. The van der Waals surface area contributed by atoms with Gasteiger partial charge in [-0.3, -0.25) is 14.0 Å². The number of thiophene rings is 1. The number of nitrogens with zero attached hydrogens (tertiary/aromatic N) is 4. The summed E-state index contributed by atoms with van der Waals surface area (Å²) in [6.07, 6.45) is 0.748. The first kappa shape index (κ1) is 23.2. The van der Waals surface area contributed by atoms with E-state index in [9.17, 15) is 37.8 Å². The Balaban J connectivity index is 1.49. The molecule has 0 amide bonds. The molecule has 0 spiro atoms. The van der Waals surface area contributed by atoms with E-state index in [-0.39, 0.29) is 11.2 Å². The van der Waals surface area contributed by atoms with E-state index in [1.165, 1.54) is 22.9 Å². The number of fused-ring (bicyclic) bond motifs is 1. The maximum Gasteiger partial charge on any atom is 0.521 e. The van der Waals surface area contributed by atoms with Crippen LogP contribution in [0.1, 0.15) is 26.3 Å². The molecular weight excluding hydrogens is 477 g/mol. The fourth-order valence-electron chi connectivity index (χ4n) is 3.45. The highest BCUT2D eigenvalue weighted by atomic mass is 32.1. The lowest BCUT2D eigenvalue weighted by Crippen LogP contribution is -2.50. The molecule has 4 heterocycles. The summed E-state index contributed by atoms with van der Waals surface area (Å²) >= 11 is 1.10. The van der Waals surface area contributed by atoms with Gasteiger partial charge in [-0.2, -0.15) is 18.3 Å². The first-order chi connectivity index (χ1) is 16.1. The van der Waals surface area contributed by atoms with Crippen LogP contribution in [0.4, 0.5) is 13.2 Å². The number of aromatic hydroxyl groups is 1. The molecule has 0 aliphatic heterocycles. The maximum absolute atomic E-state index is 12.6. The van der Waals surface area contributed by atoms with Crippen LogP contribution in [-0.2, 0) is 19.5 Å². The van der Waals surface area contributed by atoms with Gasteiger partial charge >= 0.3 is 18.1 Å². The van der Waals surface area contributed by atoms with Crippen LogP contribution in [0, 0.1) is 0 Å². The van der Waals surface area contributed by atoms with E-state index in [4.69, 9.17) is 0 Å². The molecule has 0 aromatic carbocycles. The van der Waals surface area contributed by atoms with Crippen molar-refractivity contribution in [1.82, 2.24) is 14.3 Å². The van der Waals surface area contributed by atoms with Crippen molar-refractivity contribution in [2.45, 2.75) is 25.7 Å². The van der Waals surface area contributed by atoms with Crippen LogP contribution >= 0.6 is 11.3 Å². The number of carboxylic acid groups (broad SMARTS) is 1. The zero-order valence-electron chi connectivity index (χ0n) is 17.2. The number of hydrogen-bond donors (Lipinski definition) is 2. The molecule has 0 atom stereocenters. The minimum Gasteiger partial charge on any atom is -0.502 e. The molecule has 0 saturated carbocycles. The Morgan fingerprint density at radius 2 is 1.85 bits per heavy atom. The standard InChI is InChI=1S/C21H15F3N4O5S/c22-21(23,24)20(33)26-5-1-12(2-6-26)3-7-27-10-13(9-25-27)11-28-14-4-8-34-17(14)15(19(31)32)16(29)18(28)30/h1-2,4-6,8-10H,3,7,11H2,(H-,29,31,32)/p+1. The normalized spacial score (nSPS) is 11.7. The second-order valence-corrected chi connectivity index (χ2v) is 8.25. The first-order valence-corrected chi connectivity index (χ1v) is 10.6. The monoisotopic (exact) mass is 493 g/mol. The van der Waals surface area contributed by atoms with E-state index in [2.05, 4.69) is 5.10 Å². The van der Waals surface area contributed by atoms with Crippen molar-refractivity contribution >= 4 is 33.4 Å². The third kappa shape index (κ3) is 4.41. The fourth-order valence-corrected chi connectivity index (χ4v) is 4.39. The van der Waals surface area contributed by atoms with Crippen LogP contribution in [-0.4, -0.2) is 42.6 Å². The Hall–Kier alpha value is -4.00. The second kappa shape index (κ2) is 8.74. The molecule has 13 heteroatoms. The molecule has 0 radical (unpaired) electrons. The molecule has 4 rings (SSSR count). The number of aryl methyl sites for hydroxylation is 2. The summed E-state index contributed by atoms with van der Waals surface area (Å²) in [5.41, 5.74) is 0.432. The van der Waals surface area contributed by atoms with E-state index >= 15 is 0 Å². The van der Waals surface area contributed by atoms with Gasteiger partial charge in [0.1, 0.15) is 5.56 Å². The number of alkyl halides is 3. The fraction of sp³-hybridized carbons (Fsp3) is 0.190. The van der Waals surface area contributed by atoms with E-state index in [1.54, 1.807) is 22.3 Å². The maximum atomic E-state index is 12.6. The lowest BCUT2D eigenvalue weighted by atomic mass is 10.2. The van der Waals surface area contributed by atoms with E-state index < -0.39 is 34.9 Å². The Kier molecular flexibility index (Phi) is 5.96. The predicted octanol–water partition coefficient (Wildman–Crippen LogP) is 2.44. The number of carbonyl (C=O) groups is 2. The third-order valence-electron chi connectivity index (χ3n) is 5.09. The summed E-state index contributed by atoms with van der Waals surface area (Å²) in [4.78, 5) is 35.3. The number of rotatable bonds is 6. The number of carbonyl (C=O) groups excluding carboxylic acids is 1. The molecular formula is C21H16F3N4O5S+. The first-order valence-electron chi connectivity index (χ1n) is 9.75. The number of aromatic nitrogens is 4. The van der Waals surface area contributed by atoms with Crippen molar-refractivity contribution in [3.8, 4) is 5.75 Å². The molecule has 0 unspecified atom stereocenters. The molecule has 0 fully saturated rings. The van der Waals surface area contributed by atoms with Gasteiger partial charge < -0.3 is 10.2 Å². The van der Waals surface area contributed by atoms with Crippen molar-refractivity contribution in [1.29, 1.82) is 0 Å². The number of aromatic carboxylic acids is 1. The van der Waals surface area contributed by atoms with Crippen molar-refractivity contribution in [3.05, 3.63) is 75.4 Å². The largest absolute Gasteiger partial charge is 0.521 e. The van der Waals surface area contributed by atoms with Crippen LogP contribution in [0.25, 0.3) is 10.2 Å². The number of hydrogen-bond acceptors (Lipinski definition) is 6. The van der Waals surface area contributed by atoms with Crippen molar-refractivity contribution < 1.29 is 37.5 Å². The smallest absolute Gasteiger partial charge is 0.502 e. The predicted molar refractivity (Wildman–Crippen MR) is 113 cm³/mol. The van der Waals surface area contributed by atoms with E-state index in [1.807, 2.05) is 0 Å². The highest BCUT2D eigenvalue weighted by molar-refractivity contribution is 7.17. The molecule has 0 aliphatic carbocycles. The van der Waals surface area contributed by atoms with E-state index in [0.717, 1.165) is 23.7 Å². The molecule has 9 nitrogen and oxygen atoms in total. The Morgan fingerprint density at radius 3 is 2.50 bits per heavy atom. The van der Waals surface area contributed by atoms with Crippen molar-refractivity contribution in [2.24, 2.45) is 0 Å². The van der Waals surface area contributed by atoms with Crippen molar-refractivity contribution in [2.75, 3.05) is 0 Å². The Morgan fingerprint density at radius 1 is 1.15 bits per heavy atom. The van der Waals surface area contributed by atoms with E-state index in [0.29, 0.717) is 34.2 Å². The number of carboxylic acids is 1. The summed E-state index contributed by atoms with van der Waals surface area (Å²) in [6.45, 7) is 0.424. The van der Waals surface area contributed by atoms with Crippen LogP contribution in [0.2, 0.25) is 0 Å². The summed E-state index contributed by atoms with van der Waals surface area (Å²) < 4.78 is 41.1. The summed E-state index contributed by atoms with van der Waals surface area (Å²) in [6, 6.07) is 4.42. The lowest BCUT2D eigenvalue weighted by Gasteiger charge is -2.09. The average Bonchev–Trinajstić information content (AvgIpc) is 3.44. The van der Waals surface area contributed by atoms with Gasteiger partial charge in [-0.05, 0) is 23.4 Å². The van der Waals surface area contributed by atoms with Gasteiger partial charge in [0.2, 0.25) is 0 Å².